The smallest absolute Gasteiger partial charge is 0.159 e. The first-order valence-electron chi connectivity index (χ1n) is 11.9. The summed E-state index contributed by atoms with van der Waals surface area (Å²) in [6, 6.07) is 11.0. The van der Waals surface area contributed by atoms with E-state index in [1.807, 2.05) is 0 Å². The number of rotatable bonds is 6. The zero-order chi connectivity index (χ0) is 27.3. The number of imidazole rings is 1. The van der Waals surface area contributed by atoms with Gasteiger partial charge in [0.2, 0.25) is 0 Å². The number of fused-ring (bicyclic) bond motifs is 2. The maximum Gasteiger partial charge on any atom is 0.159 e. The Balaban J connectivity index is 1.46. The quantitative estimate of drug-likeness (QED) is 0.276. The van der Waals surface area contributed by atoms with E-state index in [1.165, 1.54) is 24.5 Å². The molecule has 9 nitrogen and oxygen atoms in total. The lowest BCUT2D eigenvalue weighted by molar-refractivity contribution is 0.600. The first-order chi connectivity index (χ1) is 18.7. The van der Waals surface area contributed by atoms with Crippen molar-refractivity contribution in [3.05, 3.63) is 78.3 Å². The molecule has 0 aliphatic rings. The molecule has 0 spiro atoms. The Labute approximate surface area is 221 Å². The van der Waals surface area contributed by atoms with E-state index in [9.17, 15) is 12.8 Å². The van der Waals surface area contributed by atoms with E-state index in [0.717, 1.165) is 6.26 Å². The summed E-state index contributed by atoms with van der Waals surface area (Å²) < 4.78 is 53.6. The van der Waals surface area contributed by atoms with Gasteiger partial charge in [0, 0.05) is 41.5 Å². The van der Waals surface area contributed by atoms with Gasteiger partial charge in [-0.1, -0.05) is 0 Å². The van der Waals surface area contributed by atoms with E-state index in [-0.39, 0.29) is 23.3 Å². The van der Waals surface area contributed by atoms with E-state index < -0.39 is 21.5 Å². The van der Waals surface area contributed by atoms with Crippen molar-refractivity contribution in [2.75, 3.05) is 17.7 Å². The molecule has 6 rings (SSSR count). The minimum absolute atomic E-state index is 0.106. The van der Waals surface area contributed by atoms with Crippen molar-refractivity contribution in [2.24, 2.45) is 0 Å². The molecule has 0 fully saturated rings. The number of H-pyrrole nitrogens is 2. The molecule has 0 amide bonds. The van der Waals surface area contributed by atoms with Gasteiger partial charge in [-0.15, -0.1) is 0 Å². The molecule has 0 aliphatic heterocycles. The van der Waals surface area contributed by atoms with Crippen LogP contribution in [0.2, 0.25) is 0 Å². The minimum Gasteiger partial charge on any atom is -0.397 e. The predicted octanol–water partition coefficient (Wildman–Crippen LogP) is 4.68. The van der Waals surface area contributed by atoms with Crippen LogP contribution in [0.4, 0.5) is 14.5 Å². The van der Waals surface area contributed by atoms with Crippen LogP contribution in [-0.4, -0.2) is 50.6 Å². The molecule has 0 atom stereocenters. The number of aromatic nitrogens is 6. The summed E-state index contributed by atoms with van der Waals surface area (Å²) in [6.45, 7) is 0. The molecule has 0 aliphatic carbocycles. The van der Waals surface area contributed by atoms with Gasteiger partial charge in [-0.25, -0.2) is 22.2 Å². The molecule has 4 N–H and O–H groups in total. The van der Waals surface area contributed by atoms with Crippen LogP contribution in [-0.2, 0) is 16.3 Å². The maximum atomic E-state index is 15.8. The second-order valence-electron chi connectivity index (χ2n) is 9.30. The number of hydrogen-bond acceptors (Lipinski definition) is 7. The topological polar surface area (TPSA) is 143 Å². The Morgan fingerprint density at radius 1 is 0.974 bits per heavy atom. The van der Waals surface area contributed by atoms with Crippen LogP contribution in [0.5, 0.6) is 0 Å². The van der Waals surface area contributed by atoms with Gasteiger partial charge in [0.15, 0.2) is 5.82 Å². The number of hydrogen-bond donors (Lipinski definition) is 3. The highest BCUT2D eigenvalue weighted by molar-refractivity contribution is 7.90. The second kappa shape index (κ2) is 9.24. The van der Waals surface area contributed by atoms with Gasteiger partial charge in [-0.05, 0) is 54.4 Å². The van der Waals surface area contributed by atoms with Gasteiger partial charge < -0.3 is 10.7 Å². The highest BCUT2D eigenvalue weighted by Gasteiger charge is 2.21. The molecule has 0 radical (unpaired) electrons. The van der Waals surface area contributed by atoms with E-state index in [0.29, 0.717) is 56.0 Å². The summed E-state index contributed by atoms with van der Waals surface area (Å²) in [5, 5.41) is 7.39. The van der Waals surface area contributed by atoms with E-state index in [1.54, 1.807) is 36.5 Å². The number of nitrogens with zero attached hydrogens (tertiary/aromatic N) is 4. The Kier molecular flexibility index (Phi) is 5.83. The predicted molar refractivity (Wildman–Crippen MR) is 145 cm³/mol. The molecular weight excluding hydrogens is 524 g/mol. The van der Waals surface area contributed by atoms with Crippen molar-refractivity contribution in [2.45, 2.75) is 6.42 Å². The minimum atomic E-state index is -3.22. The lowest BCUT2D eigenvalue weighted by atomic mass is 10.0. The van der Waals surface area contributed by atoms with Crippen LogP contribution in [0.3, 0.4) is 0 Å². The standard InChI is InChI=1S/C27H21F2N7O2S/c1-39(37,38)7-5-14-8-15(10-17(28)9-14)24-25-21(4-6-32-24)33-27(34-25)26-22-20(35-36-26)3-2-19(23(22)29)16-11-18(30)13-31-12-16/h2-4,6,8-13H,5,7,30H2,1H3,(H,33,34)(H,35,36). The average molecular weight is 546 g/mol. The SMILES string of the molecule is CS(=O)(=O)CCc1cc(F)cc(-c2nccc3[nH]c(-c4n[nH]c5ccc(-c6cncc(N)c6)c(F)c45)nc23)c1. The van der Waals surface area contributed by atoms with Crippen molar-refractivity contribution < 1.29 is 17.2 Å². The Morgan fingerprint density at radius 3 is 2.62 bits per heavy atom. The molecule has 0 saturated heterocycles. The van der Waals surface area contributed by atoms with Crippen molar-refractivity contribution in [3.63, 3.8) is 0 Å². The molecule has 6 aromatic rings. The zero-order valence-corrected chi connectivity index (χ0v) is 21.4. The fourth-order valence-electron chi connectivity index (χ4n) is 4.57. The number of nitrogens with two attached hydrogens (primary N) is 1. The summed E-state index contributed by atoms with van der Waals surface area (Å²) in [6.07, 6.45) is 5.86. The third-order valence-electron chi connectivity index (χ3n) is 6.36. The summed E-state index contributed by atoms with van der Waals surface area (Å²) in [5.41, 5.74) is 10.2. The van der Waals surface area contributed by atoms with Crippen molar-refractivity contribution >= 4 is 37.5 Å². The highest BCUT2D eigenvalue weighted by atomic mass is 32.2. The number of anilines is 1. The molecule has 39 heavy (non-hydrogen) atoms. The molecule has 0 bridgehead atoms. The van der Waals surface area contributed by atoms with Crippen LogP contribution in [0.15, 0.2) is 61.1 Å². The summed E-state index contributed by atoms with van der Waals surface area (Å²) >= 11 is 0. The summed E-state index contributed by atoms with van der Waals surface area (Å²) in [4.78, 5) is 16.3. The van der Waals surface area contributed by atoms with Gasteiger partial charge in [-0.2, -0.15) is 5.10 Å². The summed E-state index contributed by atoms with van der Waals surface area (Å²) in [5.74, 6) is -0.843. The van der Waals surface area contributed by atoms with E-state index >= 15 is 4.39 Å². The van der Waals surface area contributed by atoms with Gasteiger partial charge in [-0.3, -0.25) is 15.1 Å². The number of benzene rings is 2. The highest BCUT2D eigenvalue weighted by Crippen LogP contribution is 2.35. The summed E-state index contributed by atoms with van der Waals surface area (Å²) in [7, 11) is -3.22. The lowest BCUT2D eigenvalue weighted by Gasteiger charge is -2.06. The van der Waals surface area contributed by atoms with Crippen LogP contribution in [0, 0.1) is 11.6 Å². The molecule has 0 saturated carbocycles. The average Bonchev–Trinajstić information content (AvgIpc) is 3.51. The number of aromatic amines is 2. The largest absolute Gasteiger partial charge is 0.397 e. The molecule has 12 heteroatoms. The number of sulfone groups is 1. The van der Waals surface area contributed by atoms with Crippen molar-refractivity contribution in [1.82, 2.24) is 30.1 Å². The normalized spacial score (nSPS) is 12.0. The number of aryl methyl sites for hydroxylation is 1. The maximum absolute atomic E-state index is 15.8. The number of pyridine rings is 2. The molecule has 4 heterocycles. The van der Waals surface area contributed by atoms with Crippen LogP contribution in [0.1, 0.15) is 5.56 Å². The zero-order valence-electron chi connectivity index (χ0n) is 20.5. The number of halogens is 2. The molecule has 4 aromatic heterocycles. The van der Waals surface area contributed by atoms with E-state index in [2.05, 4.69) is 30.1 Å². The van der Waals surface area contributed by atoms with Gasteiger partial charge in [0.25, 0.3) is 0 Å². The van der Waals surface area contributed by atoms with Gasteiger partial charge >= 0.3 is 0 Å². The third-order valence-corrected chi connectivity index (χ3v) is 7.30. The second-order valence-corrected chi connectivity index (χ2v) is 11.6. The first-order valence-corrected chi connectivity index (χ1v) is 13.9. The van der Waals surface area contributed by atoms with Crippen LogP contribution in [0.25, 0.3) is 55.8 Å². The molecule has 2 aromatic carbocycles. The number of nitrogens with one attached hydrogen (secondary N) is 2. The molecule has 196 valence electrons. The number of nitrogen functional groups attached to an aromatic ring is 1. The Morgan fingerprint density at radius 2 is 1.82 bits per heavy atom. The Hall–Kier alpha value is -4.71. The van der Waals surface area contributed by atoms with E-state index in [4.69, 9.17) is 5.73 Å². The first kappa shape index (κ1) is 24.6. The van der Waals surface area contributed by atoms with Crippen molar-refractivity contribution in [1.29, 1.82) is 0 Å². The van der Waals surface area contributed by atoms with Gasteiger partial charge in [0.05, 0.1) is 33.6 Å². The monoisotopic (exact) mass is 545 g/mol. The Bertz CT molecular complexity index is 2000. The van der Waals surface area contributed by atoms with Crippen LogP contribution < -0.4 is 5.73 Å². The fourth-order valence-corrected chi connectivity index (χ4v) is 5.17. The van der Waals surface area contributed by atoms with Crippen molar-refractivity contribution in [3.8, 4) is 33.9 Å². The third kappa shape index (κ3) is 4.70. The van der Waals surface area contributed by atoms with Gasteiger partial charge in [0.1, 0.15) is 32.7 Å². The fraction of sp³-hybridized carbons (Fsp3) is 0.111. The van der Waals surface area contributed by atoms with Crippen LogP contribution >= 0.6 is 0 Å². The lowest BCUT2D eigenvalue weighted by Crippen LogP contribution is -2.06. The molecule has 0 unspecified atom stereocenters. The molecular formula is C27H21F2N7O2S.